The summed E-state index contributed by atoms with van der Waals surface area (Å²) >= 11 is 0. The molecule has 5 heteroatoms. The van der Waals surface area contributed by atoms with Gasteiger partial charge in [0.05, 0.1) is 17.8 Å². The molecule has 5 nitrogen and oxygen atoms in total. The van der Waals surface area contributed by atoms with Crippen LogP contribution in [0.4, 0.5) is 5.69 Å². The van der Waals surface area contributed by atoms with Gasteiger partial charge in [0.15, 0.2) is 0 Å². The molecule has 2 fully saturated rings. The maximum atomic E-state index is 11.0. The number of nitrogens with zero attached hydrogens (tertiary/aromatic N) is 3. The average molecular weight is 271 g/mol. The minimum absolute atomic E-state index is 0.406. The second kappa shape index (κ2) is 4.66. The van der Waals surface area contributed by atoms with Gasteiger partial charge in [0.1, 0.15) is 5.69 Å². The molecule has 0 radical (unpaired) electrons. The van der Waals surface area contributed by atoms with E-state index in [0.717, 1.165) is 42.5 Å². The molecule has 0 unspecified atom stereocenters. The normalized spacial score (nSPS) is 20.4. The summed E-state index contributed by atoms with van der Waals surface area (Å²) in [6.07, 6.45) is 6.18. The van der Waals surface area contributed by atoms with Gasteiger partial charge in [-0.2, -0.15) is 5.10 Å². The maximum Gasteiger partial charge on any atom is 0.112 e. The molecule has 1 aromatic carbocycles. The van der Waals surface area contributed by atoms with E-state index in [1.54, 1.807) is 0 Å². The first-order valence-corrected chi connectivity index (χ1v) is 7.29. The van der Waals surface area contributed by atoms with Crippen LogP contribution in [-0.4, -0.2) is 23.0 Å². The fourth-order valence-corrected chi connectivity index (χ4v) is 3.12. The van der Waals surface area contributed by atoms with Crippen molar-refractivity contribution in [2.24, 2.45) is 5.18 Å². The van der Waals surface area contributed by atoms with E-state index < -0.39 is 0 Å². The Morgan fingerprint density at radius 3 is 2.70 bits per heavy atom. The summed E-state index contributed by atoms with van der Waals surface area (Å²) in [5.41, 5.74) is 2.82. The lowest BCUT2D eigenvalue weighted by molar-refractivity contribution is 0.0675. The summed E-state index contributed by atoms with van der Waals surface area (Å²) in [5.74, 6) is 0.519. The van der Waals surface area contributed by atoms with Crippen LogP contribution in [0.2, 0.25) is 0 Å². The van der Waals surface area contributed by atoms with Crippen molar-refractivity contribution in [1.82, 2.24) is 9.78 Å². The van der Waals surface area contributed by atoms with Crippen LogP contribution in [-0.2, 0) is 4.74 Å². The zero-order chi connectivity index (χ0) is 13.5. The van der Waals surface area contributed by atoms with E-state index in [4.69, 9.17) is 4.74 Å². The molecule has 0 amide bonds. The number of aromatic nitrogens is 2. The first kappa shape index (κ1) is 12.0. The van der Waals surface area contributed by atoms with Crippen LogP contribution in [0.25, 0.3) is 10.9 Å². The third-order valence-corrected chi connectivity index (χ3v) is 4.40. The van der Waals surface area contributed by atoms with Gasteiger partial charge < -0.3 is 4.74 Å². The summed E-state index contributed by atoms with van der Waals surface area (Å²) in [7, 11) is 0. The second-order valence-electron chi connectivity index (χ2n) is 5.77. The number of nitroso groups, excluding NO2 is 1. The highest BCUT2D eigenvalue weighted by molar-refractivity contribution is 5.84. The van der Waals surface area contributed by atoms with Gasteiger partial charge in [-0.25, -0.2) is 0 Å². The first-order chi connectivity index (χ1) is 9.86. The van der Waals surface area contributed by atoms with E-state index in [1.165, 1.54) is 12.8 Å². The Labute approximate surface area is 116 Å². The van der Waals surface area contributed by atoms with E-state index in [9.17, 15) is 4.91 Å². The lowest BCUT2D eigenvalue weighted by atomic mass is 10.0. The van der Waals surface area contributed by atoms with Crippen LogP contribution in [0.1, 0.15) is 43.2 Å². The summed E-state index contributed by atoms with van der Waals surface area (Å²) < 4.78 is 7.53. The highest BCUT2D eigenvalue weighted by Crippen LogP contribution is 2.45. The zero-order valence-corrected chi connectivity index (χ0v) is 11.3. The Balaban J connectivity index is 1.82. The van der Waals surface area contributed by atoms with Crippen LogP contribution in [0.15, 0.2) is 23.5 Å². The Kier molecular flexibility index (Phi) is 2.80. The second-order valence-corrected chi connectivity index (χ2v) is 5.77. The molecular weight excluding hydrogens is 254 g/mol. The number of hydrogen-bond acceptors (Lipinski definition) is 4. The van der Waals surface area contributed by atoms with Crippen molar-refractivity contribution in [3.05, 3.63) is 28.8 Å². The molecule has 1 aliphatic heterocycles. The molecule has 2 aliphatic rings. The smallest absolute Gasteiger partial charge is 0.112 e. The van der Waals surface area contributed by atoms with E-state index in [2.05, 4.69) is 21.0 Å². The molecule has 20 heavy (non-hydrogen) atoms. The van der Waals surface area contributed by atoms with Crippen LogP contribution in [0.3, 0.4) is 0 Å². The van der Waals surface area contributed by atoms with Crippen molar-refractivity contribution in [3.63, 3.8) is 0 Å². The van der Waals surface area contributed by atoms with E-state index in [-0.39, 0.29) is 0 Å². The zero-order valence-electron chi connectivity index (χ0n) is 11.3. The predicted molar refractivity (Wildman–Crippen MR) is 76.3 cm³/mol. The summed E-state index contributed by atoms with van der Waals surface area (Å²) in [4.78, 5) is 11.0. The molecule has 4 rings (SSSR count). The number of fused-ring (bicyclic) bond motifs is 1. The molecule has 1 aromatic heterocycles. The minimum Gasteiger partial charge on any atom is -0.381 e. The summed E-state index contributed by atoms with van der Waals surface area (Å²) in [6, 6.07) is 4.42. The predicted octanol–water partition coefficient (Wildman–Crippen LogP) is 3.66. The Bertz CT molecular complexity index is 654. The third-order valence-electron chi connectivity index (χ3n) is 4.40. The minimum atomic E-state index is 0.406. The van der Waals surface area contributed by atoms with Gasteiger partial charge in [0.2, 0.25) is 0 Å². The van der Waals surface area contributed by atoms with E-state index in [1.807, 2.05) is 12.3 Å². The quantitative estimate of drug-likeness (QED) is 0.800. The van der Waals surface area contributed by atoms with Gasteiger partial charge in [-0.05, 0) is 54.5 Å². The number of rotatable bonds is 3. The maximum absolute atomic E-state index is 11.0. The molecule has 2 heterocycles. The van der Waals surface area contributed by atoms with Crippen LogP contribution in [0.5, 0.6) is 0 Å². The summed E-state index contributed by atoms with van der Waals surface area (Å²) in [5, 5.41) is 8.74. The fourth-order valence-electron chi connectivity index (χ4n) is 3.12. The monoisotopic (exact) mass is 271 g/mol. The third kappa shape index (κ3) is 1.93. The summed E-state index contributed by atoms with van der Waals surface area (Å²) in [6.45, 7) is 1.60. The van der Waals surface area contributed by atoms with Crippen LogP contribution >= 0.6 is 0 Å². The van der Waals surface area contributed by atoms with E-state index in [0.29, 0.717) is 17.6 Å². The Hall–Kier alpha value is -1.75. The topological polar surface area (TPSA) is 56.5 Å². The fraction of sp³-hybridized carbons (Fsp3) is 0.533. The van der Waals surface area contributed by atoms with Gasteiger partial charge >= 0.3 is 0 Å². The Morgan fingerprint density at radius 2 is 2.00 bits per heavy atom. The number of benzene rings is 1. The van der Waals surface area contributed by atoms with Crippen molar-refractivity contribution < 1.29 is 4.74 Å². The largest absolute Gasteiger partial charge is 0.381 e. The van der Waals surface area contributed by atoms with Crippen LogP contribution in [0, 0.1) is 4.91 Å². The highest BCUT2D eigenvalue weighted by Gasteiger charge is 2.28. The first-order valence-electron chi connectivity index (χ1n) is 7.29. The van der Waals surface area contributed by atoms with Gasteiger partial charge in [-0.3, -0.25) is 4.68 Å². The SMILES string of the molecule is O=Nc1cc2cnn(C3CCOCC3)c2cc1C1CC1. The molecule has 1 saturated carbocycles. The lowest BCUT2D eigenvalue weighted by Crippen LogP contribution is -2.20. The number of hydrogen-bond donors (Lipinski definition) is 0. The molecule has 0 spiro atoms. The van der Waals surface area contributed by atoms with Crippen LogP contribution < -0.4 is 0 Å². The van der Waals surface area contributed by atoms with Crippen molar-refractivity contribution in [2.75, 3.05) is 13.2 Å². The molecule has 0 atom stereocenters. The van der Waals surface area contributed by atoms with Gasteiger partial charge in [-0.15, -0.1) is 4.91 Å². The highest BCUT2D eigenvalue weighted by atomic mass is 16.5. The molecule has 1 aliphatic carbocycles. The molecule has 104 valence electrons. The number of ether oxygens (including phenoxy) is 1. The van der Waals surface area contributed by atoms with Gasteiger partial charge in [0, 0.05) is 18.6 Å². The van der Waals surface area contributed by atoms with Crippen molar-refractivity contribution in [3.8, 4) is 0 Å². The molecule has 0 bridgehead atoms. The van der Waals surface area contributed by atoms with E-state index >= 15 is 0 Å². The Morgan fingerprint density at radius 1 is 1.20 bits per heavy atom. The molecule has 1 saturated heterocycles. The molecule has 2 aromatic rings. The van der Waals surface area contributed by atoms with Crippen molar-refractivity contribution in [2.45, 2.75) is 37.6 Å². The van der Waals surface area contributed by atoms with Gasteiger partial charge in [-0.1, -0.05) is 0 Å². The molecule has 0 N–H and O–H groups in total. The average Bonchev–Trinajstić information content (AvgIpc) is 3.27. The van der Waals surface area contributed by atoms with Crippen molar-refractivity contribution in [1.29, 1.82) is 0 Å². The van der Waals surface area contributed by atoms with Crippen molar-refractivity contribution >= 4 is 16.6 Å². The standard InChI is InChI=1S/C15H17N3O2/c19-17-14-7-11-9-16-18(12-3-5-20-6-4-12)15(11)8-13(14)10-1-2-10/h7-10,12H,1-6H2. The molecular formula is C15H17N3O2. The lowest BCUT2D eigenvalue weighted by Gasteiger charge is -2.23. The van der Waals surface area contributed by atoms with Gasteiger partial charge in [0.25, 0.3) is 0 Å².